The fourth-order valence-electron chi connectivity index (χ4n) is 4.04. The zero-order chi connectivity index (χ0) is 21.3. The summed E-state index contributed by atoms with van der Waals surface area (Å²) in [6.07, 6.45) is 5.02. The van der Waals surface area contributed by atoms with Gasteiger partial charge in [-0.15, -0.1) is 0 Å². The van der Waals surface area contributed by atoms with Gasteiger partial charge in [-0.1, -0.05) is 0 Å². The number of carbonyl (C=O) groups excluding carboxylic acids is 1. The largest absolute Gasteiger partial charge is 0.446 e. The molecule has 1 unspecified atom stereocenters. The Morgan fingerprint density at radius 1 is 1.40 bits per heavy atom. The summed E-state index contributed by atoms with van der Waals surface area (Å²) in [6.45, 7) is 5.54. The number of carbonyl (C=O) groups is 1. The first-order valence-electron chi connectivity index (χ1n) is 10.5. The summed E-state index contributed by atoms with van der Waals surface area (Å²) in [6, 6.07) is 2.05. The highest BCUT2D eigenvalue weighted by molar-refractivity contribution is 6.81. The van der Waals surface area contributed by atoms with Crippen molar-refractivity contribution in [3.8, 4) is 0 Å². The lowest BCUT2D eigenvalue weighted by atomic mass is 9.63. The minimum absolute atomic E-state index is 0.0614. The van der Waals surface area contributed by atoms with Gasteiger partial charge in [0.05, 0.1) is 12.0 Å². The van der Waals surface area contributed by atoms with Crippen LogP contribution in [0.1, 0.15) is 51.6 Å². The van der Waals surface area contributed by atoms with Gasteiger partial charge in [0.1, 0.15) is 11.9 Å². The number of aliphatic hydroxyl groups is 1. The van der Waals surface area contributed by atoms with Crippen LogP contribution >= 0.6 is 0 Å². The van der Waals surface area contributed by atoms with E-state index in [1.165, 1.54) is 0 Å². The van der Waals surface area contributed by atoms with Crippen LogP contribution in [0.2, 0.25) is 0 Å². The van der Waals surface area contributed by atoms with E-state index in [1.54, 1.807) is 19.3 Å². The number of hydrogen-bond acceptors (Lipinski definition) is 8. The van der Waals surface area contributed by atoms with Crippen molar-refractivity contribution in [2.75, 3.05) is 5.32 Å². The highest BCUT2D eigenvalue weighted by Gasteiger charge is 2.35. The van der Waals surface area contributed by atoms with E-state index < -0.39 is 6.10 Å². The second kappa shape index (κ2) is 8.51. The average molecular weight is 413 g/mol. The molecule has 10 nitrogen and oxygen atoms in total. The molecular formula is C19H28BN7O3. The van der Waals surface area contributed by atoms with Crippen molar-refractivity contribution in [1.82, 2.24) is 20.5 Å². The molecule has 1 aromatic heterocycles. The maximum Gasteiger partial charge on any atom is 0.407 e. The molecule has 0 saturated heterocycles. The molecule has 0 spiro atoms. The number of H-pyrrole nitrogens is 1. The fraction of sp³-hybridized carbons (Fsp3) is 0.579. The maximum absolute atomic E-state index is 11.8. The van der Waals surface area contributed by atoms with Gasteiger partial charge in [-0.3, -0.25) is 10.1 Å². The first kappa shape index (κ1) is 20.5. The van der Waals surface area contributed by atoms with E-state index in [1.807, 2.05) is 24.9 Å². The monoisotopic (exact) mass is 413 g/mol. The van der Waals surface area contributed by atoms with Crippen molar-refractivity contribution < 1.29 is 14.6 Å². The lowest BCUT2D eigenvalue weighted by Crippen LogP contribution is -2.43. The predicted molar refractivity (Wildman–Crippen MR) is 116 cm³/mol. The molecule has 30 heavy (non-hydrogen) atoms. The van der Waals surface area contributed by atoms with Crippen LogP contribution in [0.4, 0.5) is 10.6 Å². The van der Waals surface area contributed by atoms with Crippen molar-refractivity contribution in [3.05, 3.63) is 24.2 Å². The number of aromatic amines is 1. The zero-order valence-electron chi connectivity index (χ0n) is 17.5. The first-order valence-corrected chi connectivity index (χ1v) is 10.5. The Hall–Kier alpha value is -2.82. The highest BCUT2D eigenvalue weighted by atomic mass is 16.6. The number of hydrogen-bond donors (Lipinski definition) is 4. The summed E-state index contributed by atoms with van der Waals surface area (Å²) in [5.74, 6) is 1.63. The number of amides is 1. The van der Waals surface area contributed by atoms with Gasteiger partial charge in [0.15, 0.2) is 5.82 Å². The van der Waals surface area contributed by atoms with E-state index >= 15 is 0 Å². The van der Waals surface area contributed by atoms with Crippen molar-refractivity contribution in [2.45, 2.75) is 70.1 Å². The van der Waals surface area contributed by atoms with Gasteiger partial charge in [-0.2, -0.15) is 10.2 Å². The van der Waals surface area contributed by atoms with Crippen molar-refractivity contribution in [3.63, 3.8) is 0 Å². The van der Waals surface area contributed by atoms with Crippen molar-refractivity contribution in [1.29, 1.82) is 0 Å². The standard InChI is InChI=1S/C19H28BN7O3/c1-10(2)22-19(29)30-13-5-4-12(8-13)14-9-15(25-24-14)23-18-17-20-16(11(3)28)26-27(17)7-6-21-18/h6-7,9-13,17,20,28H,4-5,8H2,1-3H3,(H,22,29)(H2,21,23,24,25)/t11-,12-,13+,17?/m0/s1. The Kier molecular flexibility index (Phi) is 5.80. The number of amidine groups is 1. The number of nitrogens with zero attached hydrogens (tertiary/aromatic N) is 4. The molecule has 1 fully saturated rings. The maximum atomic E-state index is 11.8. The summed E-state index contributed by atoms with van der Waals surface area (Å²) in [5.41, 5.74) is 1.76. The molecular weight excluding hydrogens is 385 g/mol. The SMILES string of the molecule is CC(C)NC(=O)O[C@@H]1CC[C@H](c2cc(NC3=NC=CN4N=C([C@H](C)O)BC34)n[nH]2)C1. The van der Waals surface area contributed by atoms with Gasteiger partial charge in [0.25, 0.3) is 0 Å². The number of aromatic nitrogens is 2. The summed E-state index contributed by atoms with van der Waals surface area (Å²) >= 11 is 0. The number of aliphatic hydroxyl groups excluding tert-OH is 1. The topological polar surface area (TPSA) is 127 Å². The Balaban J connectivity index is 1.34. The molecule has 0 aromatic carbocycles. The minimum atomic E-state index is -0.581. The Morgan fingerprint density at radius 2 is 2.23 bits per heavy atom. The van der Waals surface area contributed by atoms with Gasteiger partial charge in [-0.05, 0) is 40.0 Å². The molecule has 3 aliphatic rings. The van der Waals surface area contributed by atoms with E-state index in [4.69, 9.17) is 4.74 Å². The van der Waals surface area contributed by atoms with Gasteiger partial charge in [-0.25, -0.2) is 9.79 Å². The minimum Gasteiger partial charge on any atom is -0.446 e. The number of hydrazone groups is 1. The molecule has 160 valence electrons. The van der Waals surface area contributed by atoms with Crippen LogP contribution in [0.15, 0.2) is 28.6 Å². The molecule has 0 radical (unpaired) electrons. The van der Waals surface area contributed by atoms with Crippen LogP contribution < -0.4 is 10.6 Å². The van der Waals surface area contributed by atoms with Crippen LogP contribution in [-0.4, -0.2) is 69.3 Å². The quantitative estimate of drug-likeness (QED) is 0.538. The van der Waals surface area contributed by atoms with Crippen LogP contribution in [0.25, 0.3) is 0 Å². The second-order valence-electron chi connectivity index (χ2n) is 8.35. The number of rotatable bonds is 5. The number of aliphatic imine (C=N–C) groups is 1. The van der Waals surface area contributed by atoms with Crippen LogP contribution in [0.3, 0.4) is 0 Å². The lowest BCUT2D eigenvalue weighted by molar-refractivity contribution is 0.0981. The molecule has 1 aromatic rings. The van der Waals surface area contributed by atoms with Crippen LogP contribution in [0, 0.1) is 0 Å². The van der Waals surface area contributed by atoms with E-state index in [0.717, 1.165) is 36.4 Å². The number of ether oxygens (including phenoxy) is 1. The van der Waals surface area contributed by atoms with Gasteiger partial charge < -0.3 is 20.5 Å². The van der Waals surface area contributed by atoms with Crippen LogP contribution in [0.5, 0.6) is 0 Å². The summed E-state index contributed by atoms with van der Waals surface area (Å²) in [5, 5.41) is 29.6. The predicted octanol–water partition coefficient (Wildman–Crippen LogP) is 1.25. The Morgan fingerprint density at radius 3 is 3.00 bits per heavy atom. The normalized spacial score (nSPS) is 26.0. The molecule has 0 bridgehead atoms. The third-order valence-electron chi connectivity index (χ3n) is 5.56. The molecule has 3 heterocycles. The number of nitrogens with one attached hydrogen (secondary N) is 3. The molecule has 4 rings (SSSR count). The molecule has 2 aliphatic heterocycles. The van der Waals surface area contributed by atoms with Gasteiger partial charge in [0.2, 0.25) is 7.28 Å². The molecule has 1 saturated carbocycles. The number of fused-ring (bicyclic) bond motifs is 1. The lowest BCUT2D eigenvalue weighted by Gasteiger charge is -2.24. The van der Waals surface area contributed by atoms with Crippen molar-refractivity contribution >= 4 is 30.6 Å². The summed E-state index contributed by atoms with van der Waals surface area (Å²) in [4.78, 5) is 16.3. The zero-order valence-corrected chi connectivity index (χ0v) is 17.5. The van der Waals surface area contributed by atoms with E-state index in [-0.39, 0.29) is 30.1 Å². The third-order valence-corrected chi connectivity index (χ3v) is 5.56. The van der Waals surface area contributed by atoms with E-state index in [9.17, 15) is 9.90 Å². The Bertz CT molecular complexity index is 879. The smallest absolute Gasteiger partial charge is 0.407 e. The Labute approximate surface area is 176 Å². The van der Waals surface area contributed by atoms with Gasteiger partial charge >= 0.3 is 6.09 Å². The summed E-state index contributed by atoms with van der Waals surface area (Å²) in [7, 11) is 0.616. The first-order chi connectivity index (χ1) is 14.4. The highest BCUT2D eigenvalue weighted by Crippen LogP contribution is 2.36. The third kappa shape index (κ3) is 4.50. The molecule has 1 aliphatic carbocycles. The van der Waals surface area contributed by atoms with E-state index in [0.29, 0.717) is 13.1 Å². The molecule has 11 heteroatoms. The van der Waals surface area contributed by atoms with Crippen molar-refractivity contribution in [2.24, 2.45) is 10.1 Å². The second-order valence-corrected chi connectivity index (χ2v) is 8.35. The van der Waals surface area contributed by atoms with E-state index in [2.05, 4.69) is 30.9 Å². The average Bonchev–Trinajstić information content (AvgIpc) is 3.39. The number of anilines is 1. The summed E-state index contributed by atoms with van der Waals surface area (Å²) < 4.78 is 5.51. The van der Waals surface area contributed by atoms with Crippen LogP contribution in [-0.2, 0) is 4.74 Å². The molecule has 4 atom stereocenters. The number of alkyl carbamates (subject to hydrolysis) is 1. The molecule has 4 N–H and O–H groups in total. The fourth-order valence-corrected chi connectivity index (χ4v) is 4.04. The molecule has 1 amide bonds. The van der Waals surface area contributed by atoms with Gasteiger partial charge in [0, 0.05) is 41.7 Å².